The molecule has 0 aliphatic rings. The number of nitrogens with one attached hydrogen (secondary N) is 1. The molecule has 7 nitrogen and oxygen atoms in total. The third-order valence-corrected chi connectivity index (χ3v) is 1.84. The molecule has 0 fully saturated rings. The van der Waals surface area contributed by atoms with Gasteiger partial charge in [-0.2, -0.15) is 0 Å². The average molecular weight is 217 g/mol. The van der Waals surface area contributed by atoms with Crippen LogP contribution in [0.3, 0.4) is 0 Å². The fraction of sp³-hybridized carbons (Fsp3) is 0.625. The maximum atomic E-state index is 10.9. The zero-order valence-corrected chi connectivity index (χ0v) is 8.40. The predicted molar refractivity (Wildman–Crippen MR) is 51.6 cm³/mol. The van der Waals surface area contributed by atoms with Crippen molar-refractivity contribution in [3.63, 3.8) is 0 Å². The molecule has 0 heterocycles. The quantitative estimate of drug-likeness (QED) is 0.397. The summed E-state index contributed by atoms with van der Waals surface area (Å²) in [5.41, 5.74) is 9.92. The predicted octanol–water partition coefficient (Wildman–Crippen LogP) is -1.83. The van der Waals surface area contributed by atoms with Crippen molar-refractivity contribution in [2.24, 2.45) is 11.5 Å². The van der Waals surface area contributed by atoms with Crippen LogP contribution in [0, 0.1) is 0 Å². The van der Waals surface area contributed by atoms with Gasteiger partial charge >= 0.3 is 5.97 Å². The van der Waals surface area contributed by atoms with Gasteiger partial charge < -0.3 is 16.6 Å². The van der Waals surface area contributed by atoms with Crippen molar-refractivity contribution in [3.05, 3.63) is 0 Å². The van der Waals surface area contributed by atoms with E-state index in [9.17, 15) is 14.4 Å². The Morgan fingerprint density at radius 1 is 1.33 bits per heavy atom. The van der Waals surface area contributed by atoms with Crippen molar-refractivity contribution >= 4 is 17.8 Å². The minimum Gasteiger partial charge on any atom is -0.480 e. The first kappa shape index (κ1) is 13.4. The molecule has 6 N–H and O–H groups in total. The number of rotatable bonds is 7. The van der Waals surface area contributed by atoms with E-state index in [1.54, 1.807) is 0 Å². The molecule has 0 aromatic heterocycles. The minimum absolute atomic E-state index is 0.0209. The van der Waals surface area contributed by atoms with Gasteiger partial charge in [0.15, 0.2) is 0 Å². The fourth-order valence-corrected chi connectivity index (χ4v) is 0.967. The van der Waals surface area contributed by atoms with Crippen molar-refractivity contribution in [1.29, 1.82) is 0 Å². The van der Waals surface area contributed by atoms with Crippen LogP contribution in [-0.2, 0) is 14.4 Å². The Morgan fingerprint density at radius 3 is 2.20 bits per heavy atom. The molecule has 0 radical (unpaired) electrons. The molecule has 0 aromatic carbocycles. The Hall–Kier alpha value is -1.63. The summed E-state index contributed by atoms with van der Waals surface area (Å²) in [5.74, 6) is -2.37. The van der Waals surface area contributed by atoms with Crippen LogP contribution in [0.4, 0.5) is 0 Å². The molecular weight excluding hydrogens is 202 g/mol. The topological polar surface area (TPSA) is 136 Å². The van der Waals surface area contributed by atoms with Crippen LogP contribution in [-0.4, -0.2) is 35.0 Å². The number of nitrogens with two attached hydrogens (primary N) is 2. The number of hydrogen-bond acceptors (Lipinski definition) is 4. The standard InChI is InChI=1S/C8H15N3O4/c1-4(8(14)15)11-5(7(10)13)2-3-6(9)12/h4-5,11H,2-3H2,1H3,(H2,9,12)(H2,10,13)(H,14,15)/t4?,5-/m0/s1. The van der Waals surface area contributed by atoms with E-state index in [1.165, 1.54) is 6.92 Å². The number of amides is 2. The first-order chi connectivity index (χ1) is 6.84. The summed E-state index contributed by atoms with van der Waals surface area (Å²) in [4.78, 5) is 31.8. The largest absolute Gasteiger partial charge is 0.480 e. The highest BCUT2D eigenvalue weighted by atomic mass is 16.4. The van der Waals surface area contributed by atoms with Gasteiger partial charge in [-0.1, -0.05) is 0 Å². The van der Waals surface area contributed by atoms with Crippen LogP contribution < -0.4 is 16.8 Å². The van der Waals surface area contributed by atoms with E-state index in [4.69, 9.17) is 16.6 Å². The summed E-state index contributed by atoms with van der Waals surface area (Å²) in [5, 5.41) is 11.1. The van der Waals surface area contributed by atoms with E-state index < -0.39 is 29.9 Å². The zero-order valence-electron chi connectivity index (χ0n) is 8.40. The van der Waals surface area contributed by atoms with Crippen LogP contribution in [0.2, 0.25) is 0 Å². The highest BCUT2D eigenvalue weighted by molar-refractivity contribution is 5.82. The summed E-state index contributed by atoms with van der Waals surface area (Å²) >= 11 is 0. The molecule has 0 aliphatic heterocycles. The number of carboxylic acid groups (broad SMARTS) is 1. The Morgan fingerprint density at radius 2 is 1.87 bits per heavy atom. The second kappa shape index (κ2) is 5.97. The Labute approximate surface area is 86.8 Å². The average Bonchev–Trinajstić information content (AvgIpc) is 2.10. The number of primary amides is 2. The summed E-state index contributed by atoms with van der Waals surface area (Å²) in [6.45, 7) is 1.38. The van der Waals surface area contributed by atoms with Gasteiger partial charge in [-0.3, -0.25) is 19.7 Å². The van der Waals surface area contributed by atoms with Crippen LogP contribution in [0.1, 0.15) is 19.8 Å². The van der Waals surface area contributed by atoms with Gasteiger partial charge in [-0.25, -0.2) is 0 Å². The molecule has 0 spiro atoms. The summed E-state index contributed by atoms with van der Waals surface area (Å²) in [6.07, 6.45) is 0.0786. The Bertz CT molecular complexity index is 267. The molecule has 0 saturated heterocycles. The molecule has 0 aliphatic carbocycles. The number of hydrogen-bond donors (Lipinski definition) is 4. The fourth-order valence-electron chi connectivity index (χ4n) is 0.967. The monoisotopic (exact) mass is 217 g/mol. The van der Waals surface area contributed by atoms with E-state index in [-0.39, 0.29) is 12.8 Å². The van der Waals surface area contributed by atoms with Crippen molar-refractivity contribution in [3.8, 4) is 0 Å². The second-order valence-corrected chi connectivity index (χ2v) is 3.19. The van der Waals surface area contributed by atoms with E-state index in [0.717, 1.165) is 0 Å². The number of carbonyl (C=O) groups is 3. The molecule has 15 heavy (non-hydrogen) atoms. The molecular formula is C8H15N3O4. The smallest absolute Gasteiger partial charge is 0.320 e. The third-order valence-electron chi connectivity index (χ3n) is 1.84. The van der Waals surface area contributed by atoms with Crippen LogP contribution in [0.25, 0.3) is 0 Å². The second-order valence-electron chi connectivity index (χ2n) is 3.19. The first-order valence-electron chi connectivity index (χ1n) is 4.41. The van der Waals surface area contributed by atoms with Gasteiger partial charge in [0.25, 0.3) is 0 Å². The van der Waals surface area contributed by atoms with E-state index in [1.807, 2.05) is 0 Å². The Kier molecular flexibility index (Phi) is 5.32. The van der Waals surface area contributed by atoms with Crippen molar-refractivity contribution in [1.82, 2.24) is 5.32 Å². The SMILES string of the molecule is CC(N[C@@H](CCC(N)=O)C(N)=O)C(=O)O. The summed E-state index contributed by atoms with van der Waals surface area (Å²) < 4.78 is 0. The Balaban J connectivity index is 4.22. The lowest BCUT2D eigenvalue weighted by Gasteiger charge is -2.17. The van der Waals surface area contributed by atoms with Crippen molar-refractivity contribution in [2.45, 2.75) is 31.8 Å². The van der Waals surface area contributed by atoms with Gasteiger partial charge in [-0.05, 0) is 13.3 Å². The lowest BCUT2D eigenvalue weighted by Crippen LogP contribution is -2.48. The van der Waals surface area contributed by atoms with Gasteiger partial charge in [0.1, 0.15) is 6.04 Å². The first-order valence-corrected chi connectivity index (χ1v) is 4.41. The van der Waals surface area contributed by atoms with E-state index in [2.05, 4.69) is 5.32 Å². The van der Waals surface area contributed by atoms with Crippen LogP contribution in [0.5, 0.6) is 0 Å². The molecule has 1 unspecified atom stereocenters. The molecule has 0 aromatic rings. The highest BCUT2D eigenvalue weighted by Gasteiger charge is 2.21. The molecule has 0 bridgehead atoms. The van der Waals surface area contributed by atoms with Crippen LogP contribution in [0.15, 0.2) is 0 Å². The van der Waals surface area contributed by atoms with E-state index >= 15 is 0 Å². The van der Waals surface area contributed by atoms with Gasteiger partial charge in [0.05, 0.1) is 6.04 Å². The minimum atomic E-state index is -1.10. The summed E-state index contributed by atoms with van der Waals surface area (Å²) in [7, 11) is 0. The zero-order chi connectivity index (χ0) is 12.0. The van der Waals surface area contributed by atoms with Crippen LogP contribution >= 0.6 is 0 Å². The molecule has 2 atom stereocenters. The van der Waals surface area contributed by atoms with Gasteiger partial charge in [0.2, 0.25) is 11.8 Å². The number of carboxylic acids is 1. The maximum absolute atomic E-state index is 10.9. The number of aliphatic carboxylic acids is 1. The maximum Gasteiger partial charge on any atom is 0.320 e. The third kappa shape index (κ3) is 5.63. The molecule has 86 valence electrons. The highest BCUT2D eigenvalue weighted by Crippen LogP contribution is 1.98. The van der Waals surface area contributed by atoms with Crippen molar-refractivity contribution in [2.75, 3.05) is 0 Å². The lowest BCUT2D eigenvalue weighted by molar-refractivity contribution is -0.139. The normalized spacial score (nSPS) is 14.2. The van der Waals surface area contributed by atoms with Gasteiger partial charge in [0, 0.05) is 6.42 Å². The number of carbonyl (C=O) groups excluding carboxylic acids is 2. The van der Waals surface area contributed by atoms with Gasteiger partial charge in [-0.15, -0.1) is 0 Å². The molecule has 7 heteroatoms. The summed E-state index contributed by atoms with van der Waals surface area (Å²) in [6, 6.07) is -1.76. The molecule has 0 saturated carbocycles. The van der Waals surface area contributed by atoms with E-state index in [0.29, 0.717) is 0 Å². The molecule has 2 amide bonds. The van der Waals surface area contributed by atoms with Crippen molar-refractivity contribution < 1.29 is 19.5 Å². The molecule has 0 rings (SSSR count). The lowest BCUT2D eigenvalue weighted by atomic mass is 10.1.